The first-order chi connectivity index (χ1) is 12.3. The van der Waals surface area contributed by atoms with Gasteiger partial charge >= 0.3 is 11.7 Å². The summed E-state index contributed by atoms with van der Waals surface area (Å²) in [4.78, 5) is 28.3. The van der Waals surface area contributed by atoms with Crippen molar-refractivity contribution in [3.63, 3.8) is 0 Å². The molecule has 1 aromatic heterocycles. The van der Waals surface area contributed by atoms with Crippen molar-refractivity contribution in [1.29, 1.82) is 0 Å². The molecule has 8 heteroatoms. The molecule has 3 rings (SSSR count). The van der Waals surface area contributed by atoms with Gasteiger partial charge in [0.05, 0.1) is 0 Å². The lowest BCUT2D eigenvalue weighted by atomic mass is 9.75. The number of esters is 1. The number of carbonyl (C=O) groups excluding carboxylic acids is 1. The van der Waals surface area contributed by atoms with Crippen LogP contribution in [0, 0.1) is 17.8 Å². The SMILES string of the molecule is CC(C)[C@H]1CC[C@@H](C)C[C@H]1OC(=O)[C@H]1O[C@H](n2ccc(N)nc2=O)CS1. The minimum Gasteiger partial charge on any atom is -0.459 e. The van der Waals surface area contributed by atoms with Crippen LogP contribution in [-0.4, -0.2) is 32.8 Å². The number of rotatable bonds is 4. The van der Waals surface area contributed by atoms with Gasteiger partial charge in [0, 0.05) is 11.9 Å². The fourth-order valence-electron chi connectivity index (χ4n) is 3.76. The third-order valence-electron chi connectivity index (χ3n) is 5.25. The average Bonchev–Trinajstić information content (AvgIpc) is 3.04. The lowest BCUT2D eigenvalue weighted by Gasteiger charge is -2.37. The van der Waals surface area contributed by atoms with Gasteiger partial charge in [-0.15, -0.1) is 11.8 Å². The number of nitrogens with two attached hydrogens (primary N) is 1. The standard InChI is InChI=1S/C18H27N3O4S/c1-10(2)12-5-4-11(3)8-13(12)24-16(22)17-25-15(9-26-17)21-7-6-14(19)20-18(21)23/h6-7,10-13,15,17H,4-5,8-9H2,1-3H3,(H2,19,20,23)/t11-,12-,13-,15+,17+/m1/s1. The number of aromatic nitrogens is 2. The highest BCUT2D eigenvalue weighted by molar-refractivity contribution is 8.00. The summed E-state index contributed by atoms with van der Waals surface area (Å²) in [6, 6.07) is 1.54. The Balaban J connectivity index is 1.63. The molecule has 0 bridgehead atoms. The first-order valence-corrected chi connectivity index (χ1v) is 10.2. The number of thioether (sulfide) groups is 1. The number of nitrogens with zero attached hydrogens (tertiary/aromatic N) is 2. The minimum absolute atomic E-state index is 0.0598. The number of anilines is 1. The Morgan fingerprint density at radius 2 is 2.23 bits per heavy atom. The Hall–Kier alpha value is -1.54. The number of hydrogen-bond acceptors (Lipinski definition) is 7. The van der Waals surface area contributed by atoms with Gasteiger partial charge in [-0.05, 0) is 36.7 Å². The highest BCUT2D eigenvalue weighted by Gasteiger charge is 2.38. The van der Waals surface area contributed by atoms with Crippen molar-refractivity contribution >= 4 is 23.5 Å². The summed E-state index contributed by atoms with van der Waals surface area (Å²) in [5, 5.41) is 0. The zero-order valence-electron chi connectivity index (χ0n) is 15.5. The van der Waals surface area contributed by atoms with E-state index in [4.69, 9.17) is 15.2 Å². The van der Waals surface area contributed by atoms with E-state index in [0.29, 0.717) is 23.5 Å². The molecule has 2 N–H and O–H groups in total. The lowest BCUT2D eigenvalue weighted by molar-refractivity contribution is -0.166. The second-order valence-corrected chi connectivity index (χ2v) is 8.69. The molecule has 2 heterocycles. The molecule has 144 valence electrons. The van der Waals surface area contributed by atoms with E-state index in [0.717, 1.165) is 12.8 Å². The van der Waals surface area contributed by atoms with Gasteiger partial charge in [0.2, 0.25) is 5.44 Å². The average molecular weight is 381 g/mol. The van der Waals surface area contributed by atoms with E-state index in [1.165, 1.54) is 28.8 Å². The Morgan fingerprint density at radius 1 is 1.46 bits per heavy atom. The first kappa shape index (κ1) is 19.2. The van der Waals surface area contributed by atoms with Crippen LogP contribution < -0.4 is 11.4 Å². The normalized spacial score (nSPS) is 31.9. The fraction of sp³-hybridized carbons (Fsp3) is 0.722. The Morgan fingerprint density at radius 3 is 2.92 bits per heavy atom. The van der Waals surface area contributed by atoms with Gasteiger partial charge in [0.1, 0.15) is 18.1 Å². The lowest BCUT2D eigenvalue weighted by Crippen LogP contribution is -2.38. The third-order valence-corrected chi connectivity index (χ3v) is 6.34. The van der Waals surface area contributed by atoms with E-state index in [-0.39, 0.29) is 17.9 Å². The van der Waals surface area contributed by atoms with E-state index < -0.39 is 17.4 Å². The molecule has 26 heavy (non-hydrogen) atoms. The number of ether oxygens (including phenoxy) is 2. The van der Waals surface area contributed by atoms with Crippen LogP contribution in [0.2, 0.25) is 0 Å². The molecule has 5 atom stereocenters. The molecule has 1 aliphatic carbocycles. The molecular formula is C18H27N3O4S. The van der Waals surface area contributed by atoms with Gasteiger partial charge < -0.3 is 15.2 Å². The highest BCUT2D eigenvalue weighted by Crippen LogP contribution is 2.37. The van der Waals surface area contributed by atoms with Crippen molar-refractivity contribution in [2.75, 3.05) is 11.5 Å². The summed E-state index contributed by atoms with van der Waals surface area (Å²) < 4.78 is 13.0. The van der Waals surface area contributed by atoms with Gasteiger partial charge in [-0.2, -0.15) is 4.98 Å². The smallest absolute Gasteiger partial charge is 0.351 e. The molecule has 1 aliphatic heterocycles. The van der Waals surface area contributed by atoms with Crippen LogP contribution in [0.3, 0.4) is 0 Å². The molecule has 0 radical (unpaired) electrons. The highest BCUT2D eigenvalue weighted by atomic mass is 32.2. The fourth-order valence-corrected chi connectivity index (χ4v) is 4.74. The van der Waals surface area contributed by atoms with E-state index in [9.17, 15) is 9.59 Å². The van der Waals surface area contributed by atoms with E-state index >= 15 is 0 Å². The van der Waals surface area contributed by atoms with Crippen LogP contribution in [-0.2, 0) is 14.3 Å². The molecule has 2 aliphatic rings. The third kappa shape index (κ3) is 4.23. The maximum absolute atomic E-state index is 12.6. The first-order valence-electron chi connectivity index (χ1n) is 9.17. The minimum atomic E-state index is -0.713. The van der Waals surface area contributed by atoms with E-state index in [1.807, 2.05) is 0 Å². The maximum Gasteiger partial charge on any atom is 0.351 e. The molecule has 1 aromatic rings. The molecule has 0 amide bonds. The van der Waals surface area contributed by atoms with Gasteiger partial charge in [-0.3, -0.25) is 4.57 Å². The summed E-state index contributed by atoms with van der Waals surface area (Å²) in [5.74, 6) is 1.73. The van der Waals surface area contributed by atoms with Crippen molar-refractivity contribution in [2.24, 2.45) is 17.8 Å². The Bertz CT molecular complexity index is 708. The van der Waals surface area contributed by atoms with E-state index in [1.54, 1.807) is 6.20 Å². The van der Waals surface area contributed by atoms with Crippen molar-refractivity contribution < 1.29 is 14.3 Å². The number of carbonyl (C=O) groups is 1. The molecule has 0 aromatic carbocycles. The zero-order chi connectivity index (χ0) is 18.8. The Kier molecular flexibility index (Phi) is 5.92. The van der Waals surface area contributed by atoms with Crippen LogP contribution >= 0.6 is 11.8 Å². The second-order valence-electron chi connectivity index (χ2n) is 7.60. The van der Waals surface area contributed by atoms with Crippen LogP contribution in [0.4, 0.5) is 5.82 Å². The molecule has 1 saturated carbocycles. The number of nitrogen functional groups attached to an aromatic ring is 1. The largest absolute Gasteiger partial charge is 0.459 e. The molecule has 2 fully saturated rings. The molecule has 0 unspecified atom stereocenters. The molecule has 7 nitrogen and oxygen atoms in total. The van der Waals surface area contributed by atoms with Crippen molar-refractivity contribution in [1.82, 2.24) is 9.55 Å². The Labute approximate surface area is 157 Å². The molecule has 0 spiro atoms. The second kappa shape index (κ2) is 8.00. The van der Waals surface area contributed by atoms with Crippen LogP contribution in [0.1, 0.15) is 46.3 Å². The summed E-state index contributed by atoms with van der Waals surface area (Å²) in [6.45, 7) is 6.56. The van der Waals surface area contributed by atoms with Crippen LogP contribution in [0.5, 0.6) is 0 Å². The molecule has 1 saturated heterocycles. The maximum atomic E-state index is 12.6. The van der Waals surface area contributed by atoms with Crippen molar-refractivity contribution in [2.45, 2.75) is 57.8 Å². The topological polar surface area (TPSA) is 96.4 Å². The number of hydrogen-bond donors (Lipinski definition) is 1. The van der Waals surface area contributed by atoms with Gasteiger partial charge in [0.15, 0.2) is 0 Å². The zero-order valence-corrected chi connectivity index (χ0v) is 16.3. The summed E-state index contributed by atoms with van der Waals surface area (Å²) in [6.07, 6.45) is 4.11. The van der Waals surface area contributed by atoms with Gasteiger partial charge in [-0.1, -0.05) is 27.2 Å². The van der Waals surface area contributed by atoms with Gasteiger partial charge in [-0.25, -0.2) is 9.59 Å². The monoisotopic (exact) mass is 381 g/mol. The van der Waals surface area contributed by atoms with Crippen molar-refractivity contribution in [3.8, 4) is 0 Å². The van der Waals surface area contributed by atoms with Gasteiger partial charge in [0.25, 0.3) is 0 Å². The predicted octanol–water partition coefficient (Wildman–Crippen LogP) is 2.42. The summed E-state index contributed by atoms with van der Waals surface area (Å²) >= 11 is 1.35. The van der Waals surface area contributed by atoms with Crippen LogP contribution in [0.15, 0.2) is 17.1 Å². The van der Waals surface area contributed by atoms with Crippen molar-refractivity contribution in [3.05, 3.63) is 22.7 Å². The summed E-state index contributed by atoms with van der Waals surface area (Å²) in [5.41, 5.74) is 4.32. The van der Waals surface area contributed by atoms with E-state index in [2.05, 4.69) is 25.8 Å². The van der Waals surface area contributed by atoms with Crippen LogP contribution in [0.25, 0.3) is 0 Å². The predicted molar refractivity (Wildman–Crippen MR) is 101 cm³/mol. The summed E-state index contributed by atoms with van der Waals surface area (Å²) in [7, 11) is 0. The quantitative estimate of drug-likeness (QED) is 0.800. The molecular weight excluding hydrogens is 354 g/mol.